The summed E-state index contributed by atoms with van der Waals surface area (Å²) in [5.74, 6) is 1.06. The summed E-state index contributed by atoms with van der Waals surface area (Å²) in [4.78, 5) is 14.5. The van der Waals surface area contributed by atoms with E-state index in [-0.39, 0.29) is 11.9 Å². The summed E-state index contributed by atoms with van der Waals surface area (Å²) in [6.07, 6.45) is 4.82. The van der Waals surface area contributed by atoms with Gasteiger partial charge in [0.2, 0.25) is 5.91 Å². The van der Waals surface area contributed by atoms with Gasteiger partial charge in [-0.05, 0) is 38.5 Å². The number of hydrogen-bond acceptors (Lipinski definition) is 3. The number of carbonyl (C=O) groups excluding carboxylic acids is 1. The van der Waals surface area contributed by atoms with E-state index in [1.54, 1.807) is 0 Å². The van der Waals surface area contributed by atoms with Crippen LogP contribution in [0.1, 0.15) is 39.5 Å². The van der Waals surface area contributed by atoms with Crippen molar-refractivity contribution < 1.29 is 4.79 Å². The molecule has 1 amide bonds. The SMILES string of the molecule is CC1CCC(NC(=O)C(C)N2CCNCC2)CC1. The molecule has 1 saturated heterocycles. The first-order chi connectivity index (χ1) is 8.66. The van der Waals surface area contributed by atoms with Gasteiger partial charge < -0.3 is 10.6 Å². The fourth-order valence-electron chi connectivity index (χ4n) is 2.96. The maximum atomic E-state index is 12.2. The molecule has 4 heteroatoms. The number of hydrogen-bond donors (Lipinski definition) is 2. The zero-order valence-electron chi connectivity index (χ0n) is 11.7. The van der Waals surface area contributed by atoms with Gasteiger partial charge in [-0.3, -0.25) is 9.69 Å². The fraction of sp³-hybridized carbons (Fsp3) is 0.929. The van der Waals surface area contributed by atoms with E-state index >= 15 is 0 Å². The minimum atomic E-state index is 0.0199. The van der Waals surface area contributed by atoms with Gasteiger partial charge in [0.05, 0.1) is 6.04 Å². The van der Waals surface area contributed by atoms with E-state index in [0.29, 0.717) is 6.04 Å². The average Bonchev–Trinajstić information content (AvgIpc) is 2.41. The third-order valence-electron chi connectivity index (χ3n) is 4.44. The lowest BCUT2D eigenvalue weighted by Gasteiger charge is -2.34. The molecule has 1 atom stereocenters. The molecular weight excluding hydrogens is 226 g/mol. The lowest BCUT2D eigenvalue weighted by molar-refractivity contribution is -0.127. The molecule has 1 heterocycles. The van der Waals surface area contributed by atoms with Crippen LogP contribution in [0.2, 0.25) is 0 Å². The van der Waals surface area contributed by atoms with E-state index in [4.69, 9.17) is 0 Å². The lowest BCUT2D eigenvalue weighted by atomic mass is 9.87. The summed E-state index contributed by atoms with van der Waals surface area (Å²) in [6.45, 7) is 8.30. The normalized spacial score (nSPS) is 31.9. The molecule has 0 spiro atoms. The van der Waals surface area contributed by atoms with Crippen LogP contribution in [0.4, 0.5) is 0 Å². The number of carbonyl (C=O) groups is 1. The maximum Gasteiger partial charge on any atom is 0.237 e. The van der Waals surface area contributed by atoms with E-state index in [1.807, 2.05) is 6.92 Å². The highest BCUT2D eigenvalue weighted by molar-refractivity contribution is 5.81. The first kappa shape index (κ1) is 13.8. The first-order valence-corrected chi connectivity index (χ1v) is 7.42. The Balaban J connectivity index is 1.76. The van der Waals surface area contributed by atoms with Gasteiger partial charge in [0.25, 0.3) is 0 Å². The molecule has 104 valence electrons. The van der Waals surface area contributed by atoms with Crippen LogP contribution < -0.4 is 10.6 Å². The fourth-order valence-corrected chi connectivity index (χ4v) is 2.96. The quantitative estimate of drug-likeness (QED) is 0.788. The van der Waals surface area contributed by atoms with Crippen LogP contribution in [-0.4, -0.2) is 49.1 Å². The monoisotopic (exact) mass is 253 g/mol. The van der Waals surface area contributed by atoms with Gasteiger partial charge >= 0.3 is 0 Å². The minimum absolute atomic E-state index is 0.0199. The molecule has 2 fully saturated rings. The summed E-state index contributed by atoms with van der Waals surface area (Å²) >= 11 is 0. The van der Waals surface area contributed by atoms with Crippen LogP contribution in [0.25, 0.3) is 0 Å². The molecule has 0 aromatic rings. The van der Waals surface area contributed by atoms with E-state index < -0.39 is 0 Å². The molecule has 0 aromatic heterocycles. The predicted octanol–water partition coefficient (Wildman–Crippen LogP) is 0.975. The van der Waals surface area contributed by atoms with Crippen LogP contribution in [-0.2, 0) is 4.79 Å². The maximum absolute atomic E-state index is 12.2. The molecule has 18 heavy (non-hydrogen) atoms. The molecule has 0 radical (unpaired) electrons. The Morgan fingerprint density at radius 3 is 2.44 bits per heavy atom. The van der Waals surface area contributed by atoms with Crippen LogP contribution in [0.3, 0.4) is 0 Å². The average molecular weight is 253 g/mol. The number of piperazine rings is 1. The van der Waals surface area contributed by atoms with Crippen molar-refractivity contribution in [3.8, 4) is 0 Å². The molecule has 2 N–H and O–H groups in total. The van der Waals surface area contributed by atoms with Gasteiger partial charge in [-0.2, -0.15) is 0 Å². The Labute approximate surface area is 110 Å². The van der Waals surface area contributed by atoms with Crippen molar-refractivity contribution in [1.29, 1.82) is 0 Å². The molecule has 4 nitrogen and oxygen atoms in total. The van der Waals surface area contributed by atoms with Crippen molar-refractivity contribution >= 4 is 5.91 Å². The summed E-state index contributed by atoms with van der Waals surface area (Å²) in [5, 5.41) is 6.56. The molecule has 2 rings (SSSR count). The molecule has 1 unspecified atom stereocenters. The minimum Gasteiger partial charge on any atom is -0.352 e. The van der Waals surface area contributed by atoms with E-state index in [1.165, 1.54) is 12.8 Å². The van der Waals surface area contributed by atoms with Crippen LogP contribution in [0.15, 0.2) is 0 Å². The molecule has 0 bridgehead atoms. The Hall–Kier alpha value is -0.610. The Morgan fingerprint density at radius 1 is 1.22 bits per heavy atom. The first-order valence-electron chi connectivity index (χ1n) is 7.42. The Bertz CT molecular complexity index is 268. The number of amides is 1. The standard InChI is InChI=1S/C14H27N3O/c1-11-3-5-13(6-4-11)16-14(18)12(2)17-9-7-15-8-10-17/h11-13,15H,3-10H2,1-2H3,(H,16,18). The largest absolute Gasteiger partial charge is 0.352 e. The molecule has 0 aromatic carbocycles. The van der Waals surface area contributed by atoms with Gasteiger partial charge in [-0.1, -0.05) is 6.92 Å². The summed E-state index contributed by atoms with van der Waals surface area (Å²) in [5.41, 5.74) is 0. The van der Waals surface area contributed by atoms with Crippen molar-refractivity contribution in [2.45, 2.75) is 51.6 Å². The highest BCUT2D eigenvalue weighted by Gasteiger charge is 2.26. The molecule has 1 saturated carbocycles. The zero-order chi connectivity index (χ0) is 13.0. The van der Waals surface area contributed by atoms with Gasteiger partial charge in [0.1, 0.15) is 0 Å². The Morgan fingerprint density at radius 2 is 1.83 bits per heavy atom. The third kappa shape index (κ3) is 3.69. The van der Waals surface area contributed by atoms with Crippen molar-refractivity contribution in [2.75, 3.05) is 26.2 Å². The van der Waals surface area contributed by atoms with Crippen molar-refractivity contribution in [2.24, 2.45) is 5.92 Å². The van der Waals surface area contributed by atoms with Gasteiger partial charge in [-0.15, -0.1) is 0 Å². The van der Waals surface area contributed by atoms with Crippen molar-refractivity contribution in [3.05, 3.63) is 0 Å². The van der Waals surface area contributed by atoms with Crippen LogP contribution >= 0.6 is 0 Å². The topological polar surface area (TPSA) is 44.4 Å². The van der Waals surface area contributed by atoms with Crippen LogP contribution in [0, 0.1) is 5.92 Å². The van der Waals surface area contributed by atoms with Crippen molar-refractivity contribution in [1.82, 2.24) is 15.5 Å². The zero-order valence-corrected chi connectivity index (χ0v) is 11.7. The number of nitrogens with one attached hydrogen (secondary N) is 2. The van der Waals surface area contributed by atoms with Gasteiger partial charge in [0.15, 0.2) is 0 Å². The second-order valence-corrected chi connectivity index (χ2v) is 5.93. The van der Waals surface area contributed by atoms with Gasteiger partial charge in [0, 0.05) is 32.2 Å². The number of rotatable bonds is 3. The molecular formula is C14H27N3O. The summed E-state index contributed by atoms with van der Waals surface area (Å²) < 4.78 is 0. The lowest BCUT2D eigenvalue weighted by Crippen LogP contribution is -2.54. The smallest absolute Gasteiger partial charge is 0.237 e. The van der Waals surface area contributed by atoms with Crippen LogP contribution in [0.5, 0.6) is 0 Å². The second kappa shape index (κ2) is 6.53. The molecule has 1 aliphatic carbocycles. The summed E-state index contributed by atoms with van der Waals surface area (Å²) in [6, 6.07) is 0.436. The van der Waals surface area contributed by atoms with E-state index in [2.05, 4.69) is 22.5 Å². The highest BCUT2D eigenvalue weighted by atomic mass is 16.2. The summed E-state index contributed by atoms with van der Waals surface area (Å²) in [7, 11) is 0. The molecule has 1 aliphatic heterocycles. The number of nitrogens with zero attached hydrogens (tertiary/aromatic N) is 1. The van der Waals surface area contributed by atoms with Gasteiger partial charge in [-0.25, -0.2) is 0 Å². The van der Waals surface area contributed by atoms with E-state index in [0.717, 1.165) is 44.9 Å². The van der Waals surface area contributed by atoms with Crippen molar-refractivity contribution in [3.63, 3.8) is 0 Å². The third-order valence-corrected chi connectivity index (χ3v) is 4.44. The highest BCUT2D eigenvalue weighted by Crippen LogP contribution is 2.23. The Kier molecular flexibility index (Phi) is 5.01. The predicted molar refractivity (Wildman–Crippen MR) is 73.5 cm³/mol. The second-order valence-electron chi connectivity index (χ2n) is 5.93. The molecule has 2 aliphatic rings. The van der Waals surface area contributed by atoms with E-state index in [9.17, 15) is 4.79 Å².